The summed E-state index contributed by atoms with van der Waals surface area (Å²) >= 11 is 0. The number of aliphatic hydroxyl groups is 2. The van der Waals surface area contributed by atoms with Crippen molar-refractivity contribution in [1.82, 2.24) is 0 Å². The zero-order valence-corrected chi connectivity index (χ0v) is 6.62. The van der Waals surface area contributed by atoms with Gasteiger partial charge in [-0.2, -0.15) is 0 Å². The molecule has 0 fully saturated rings. The van der Waals surface area contributed by atoms with E-state index in [1.165, 1.54) is 0 Å². The van der Waals surface area contributed by atoms with Gasteiger partial charge in [0.2, 0.25) is 0 Å². The van der Waals surface area contributed by atoms with Gasteiger partial charge >= 0.3 is 5.97 Å². The van der Waals surface area contributed by atoms with Crippen LogP contribution in [0.2, 0.25) is 0 Å². The minimum atomic E-state index is -1.38. The van der Waals surface area contributed by atoms with E-state index < -0.39 is 18.7 Å². The van der Waals surface area contributed by atoms with Gasteiger partial charge in [0, 0.05) is 0 Å². The van der Waals surface area contributed by atoms with Crippen LogP contribution in [0.5, 0.6) is 0 Å². The minimum Gasteiger partial charge on any atom is -0.464 e. The third-order valence-electron chi connectivity index (χ3n) is 1.19. The first-order valence-corrected chi connectivity index (χ1v) is 3.68. The molecule has 4 nitrogen and oxygen atoms in total. The highest BCUT2D eigenvalue weighted by Crippen LogP contribution is 1.91. The van der Waals surface area contributed by atoms with Crippen molar-refractivity contribution in [1.29, 1.82) is 0 Å². The highest BCUT2D eigenvalue weighted by atomic mass is 16.5. The summed E-state index contributed by atoms with van der Waals surface area (Å²) in [6.45, 7) is 1.70. The summed E-state index contributed by atoms with van der Waals surface area (Å²) in [5, 5.41) is 17.0. The van der Waals surface area contributed by atoms with Gasteiger partial charge in [-0.1, -0.05) is 13.3 Å². The summed E-state index contributed by atoms with van der Waals surface area (Å²) in [5.74, 6) is -0.749. The standard InChI is InChI=1S/C7H14O4/c1-2-3-4-11-7(10)6(9)5-8/h6,8-9H,2-5H2,1H3. The first-order valence-electron chi connectivity index (χ1n) is 3.68. The molecule has 0 saturated carbocycles. The first-order chi connectivity index (χ1) is 5.22. The van der Waals surface area contributed by atoms with Crippen molar-refractivity contribution in [2.24, 2.45) is 0 Å². The molecule has 0 aliphatic heterocycles. The van der Waals surface area contributed by atoms with Gasteiger partial charge < -0.3 is 14.9 Å². The average Bonchev–Trinajstić information content (AvgIpc) is 2.03. The van der Waals surface area contributed by atoms with Crippen molar-refractivity contribution in [2.45, 2.75) is 25.9 Å². The van der Waals surface area contributed by atoms with Gasteiger partial charge in [-0.3, -0.25) is 0 Å². The number of carbonyl (C=O) groups is 1. The van der Waals surface area contributed by atoms with Crippen LogP contribution in [0.4, 0.5) is 0 Å². The maximum Gasteiger partial charge on any atom is 0.337 e. The van der Waals surface area contributed by atoms with Crippen LogP contribution in [-0.4, -0.2) is 35.5 Å². The second-order valence-electron chi connectivity index (χ2n) is 2.22. The molecule has 0 aromatic rings. The predicted molar refractivity (Wildman–Crippen MR) is 39.0 cm³/mol. The normalized spacial score (nSPS) is 12.6. The number of aliphatic hydroxyl groups excluding tert-OH is 2. The number of hydrogen-bond donors (Lipinski definition) is 2. The molecule has 0 amide bonds. The molecule has 0 spiro atoms. The Kier molecular flexibility index (Phi) is 5.78. The van der Waals surface area contributed by atoms with Gasteiger partial charge in [0.15, 0.2) is 6.10 Å². The summed E-state index contributed by atoms with van der Waals surface area (Å²) in [6, 6.07) is 0. The number of esters is 1. The Bertz CT molecular complexity index is 113. The zero-order valence-electron chi connectivity index (χ0n) is 6.62. The Morgan fingerprint density at radius 2 is 2.27 bits per heavy atom. The van der Waals surface area contributed by atoms with E-state index in [9.17, 15) is 4.79 Å². The Labute approximate surface area is 65.8 Å². The van der Waals surface area contributed by atoms with Gasteiger partial charge in [0.1, 0.15) is 0 Å². The molecule has 0 aromatic heterocycles. The topological polar surface area (TPSA) is 66.8 Å². The van der Waals surface area contributed by atoms with E-state index in [0.29, 0.717) is 6.61 Å². The highest BCUT2D eigenvalue weighted by molar-refractivity contribution is 5.74. The molecule has 0 aliphatic rings. The van der Waals surface area contributed by atoms with Crippen molar-refractivity contribution in [3.63, 3.8) is 0 Å². The second kappa shape index (κ2) is 6.12. The lowest BCUT2D eigenvalue weighted by Gasteiger charge is -2.06. The van der Waals surface area contributed by atoms with Crippen molar-refractivity contribution in [3.8, 4) is 0 Å². The van der Waals surface area contributed by atoms with Crippen LogP contribution in [0.25, 0.3) is 0 Å². The van der Waals surface area contributed by atoms with Crippen LogP contribution in [0.1, 0.15) is 19.8 Å². The van der Waals surface area contributed by atoms with Crippen molar-refractivity contribution >= 4 is 5.97 Å². The molecule has 11 heavy (non-hydrogen) atoms. The fraction of sp³-hybridized carbons (Fsp3) is 0.857. The number of ether oxygens (including phenoxy) is 1. The van der Waals surface area contributed by atoms with Crippen molar-refractivity contribution in [2.75, 3.05) is 13.2 Å². The van der Waals surface area contributed by atoms with Gasteiger partial charge in [-0.05, 0) is 6.42 Å². The van der Waals surface area contributed by atoms with Crippen LogP contribution < -0.4 is 0 Å². The molecule has 4 heteroatoms. The lowest BCUT2D eigenvalue weighted by molar-refractivity contribution is -0.155. The van der Waals surface area contributed by atoms with Gasteiger partial charge in [-0.15, -0.1) is 0 Å². The molecule has 0 aromatic carbocycles. The third-order valence-corrected chi connectivity index (χ3v) is 1.19. The monoisotopic (exact) mass is 162 g/mol. The van der Waals surface area contributed by atoms with Gasteiger partial charge in [0.25, 0.3) is 0 Å². The second-order valence-corrected chi connectivity index (χ2v) is 2.22. The van der Waals surface area contributed by atoms with E-state index in [0.717, 1.165) is 12.8 Å². The van der Waals surface area contributed by atoms with Gasteiger partial charge in [-0.25, -0.2) is 4.79 Å². The Hall–Kier alpha value is -0.610. The molecule has 0 rings (SSSR count). The molecular formula is C7H14O4. The molecule has 0 aliphatic carbocycles. The summed E-state index contributed by atoms with van der Waals surface area (Å²) in [6.07, 6.45) is 0.332. The number of unbranched alkanes of at least 4 members (excludes halogenated alkanes) is 1. The molecule has 0 bridgehead atoms. The predicted octanol–water partition coefficient (Wildman–Crippen LogP) is -0.317. The number of carbonyl (C=O) groups excluding carboxylic acids is 1. The molecule has 1 unspecified atom stereocenters. The molecule has 0 heterocycles. The van der Waals surface area contributed by atoms with Crippen LogP contribution >= 0.6 is 0 Å². The van der Waals surface area contributed by atoms with Crippen LogP contribution in [0.15, 0.2) is 0 Å². The van der Waals surface area contributed by atoms with Crippen molar-refractivity contribution < 1.29 is 19.7 Å². The van der Waals surface area contributed by atoms with E-state index >= 15 is 0 Å². The minimum absolute atomic E-state index is 0.312. The molecule has 66 valence electrons. The van der Waals surface area contributed by atoms with Gasteiger partial charge in [0.05, 0.1) is 13.2 Å². The lowest BCUT2D eigenvalue weighted by Crippen LogP contribution is -2.26. The first kappa shape index (κ1) is 10.4. The van der Waals surface area contributed by atoms with Crippen molar-refractivity contribution in [3.05, 3.63) is 0 Å². The fourth-order valence-corrected chi connectivity index (χ4v) is 0.488. The van der Waals surface area contributed by atoms with Crippen LogP contribution in [0.3, 0.4) is 0 Å². The molecule has 2 N–H and O–H groups in total. The Balaban J connectivity index is 3.36. The van der Waals surface area contributed by atoms with E-state index in [1.54, 1.807) is 0 Å². The highest BCUT2D eigenvalue weighted by Gasteiger charge is 2.13. The van der Waals surface area contributed by atoms with E-state index in [-0.39, 0.29) is 0 Å². The summed E-state index contributed by atoms with van der Waals surface area (Å²) in [4.78, 5) is 10.6. The number of rotatable bonds is 5. The molecular weight excluding hydrogens is 148 g/mol. The fourth-order valence-electron chi connectivity index (χ4n) is 0.488. The maximum atomic E-state index is 10.6. The van der Waals surface area contributed by atoms with Crippen LogP contribution in [-0.2, 0) is 9.53 Å². The number of hydrogen-bond acceptors (Lipinski definition) is 4. The third kappa shape index (κ3) is 4.75. The summed E-state index contributed by atoms with van der Waals surface area (Å²) in [7, 11) is 0. The summed E-state index contributed by atoms with van der Waals surface area (Å²) in [5.41, 5.74) is 0. The quantitative estimate of drug-likeness (QED) is 0.429. The molecule has 1 atom stereocenters. The molecule has 0 saturated heterocycles. The summed E-state index contributed by atoms with van der Waals surface area (Å²) < 4.78 is 4.59. The zero-order chi connectivity index (χ0) is 8.69. The molecule has 0 radical (unpaired) electrons. The Morgan fingerprint density at radius 1 is 1.64 bits per heavy atom. The average molecular weight is 162 g/mol. The Morgan fingerprint density at radius 3 is 2.73 bits per heavy atom. The SMILES string of the molecule is CCCCOC(=O)C(O)CO. The van der Waals surface area contributed by atoms with E-state index in [4.69, 9.17) is 10.2 Å². The smallest absolute Gasteiger partial charge is 0.337 e. The van der Waals surface area contributed by atoms with E-state index in [1.807, 2.05) is 6.92 Å². The maximum absolute atomic E-state index is 10.6. The van der Waals surface area contributed by atoms with E-state index in [2.05, 4.69) is 4.74 Å². The lowest BCUT2D eigenvalue weighted by atomic mass is 10.3. The largest absolute Gasteiger partial charge is 0.464 e. The van der Waals surface area contributed by atoms with Crippen LogP contribution in [0, 0.1) is 0 Å².